The summed E-state index contributed by atoms with van der Waals surface area (Å²) < 4.78 is 0. The number of aromatic nitrogens is 2. The van der Waals surface area contributed by atoms with Crippen LogP contribution in [0, 0.1) is 0 Å². The van der Waals surface area contributed by atoms with Gasteiger partial charge in [0.1, 0.15) is 11.4 Å². The van der Waals surface area contributed by atoms with Crippen molar-refractivity contribution >= 4 is 11.8 Å². The topological polar surface area (TPSA) is 66.4 Å². The first-order valence-electron chi connectivity index (χ1n) is 8.02. The molecule has 6 heteroatoms. The van der Waals surface area contributed by atoms with Gasteiger partial charge >= 0.3 is 0 Å². The number of hydrogen-bond acceptors (Lipinski definition) is 4. The van der Waals surface area contributed by atoms with Crippen LogP contribution >= 0.6 is 0 Å². The lowest BCUT2D eigenvalue weighted by Gasteiger charge is -2.43. The molecule has 1 saturated heterocycles. The number of carbonyl (C=O) groups excluding carboxylic acids is 2. The lowest BCUT2D eigenvalue weighted by atomic mass is 10.1. The van der Waals surface area contributed by atoms with Crippen molar-refractivity contribution in [2.45, 2.75) is 25.9 Å². The van der Waals surface area contributed by atoms with E-state index in [-0.39, 0.29) is 23.9 Å². The molecule has 2 amide bonds. The molecular formula is C18H20N4O2. The van der Waals surface area contributed by atoms with E-state index >= 15 is 0 Å². The molecule has 0 N–H and O–H groups in total. The largest absolute Gasteiger partial charge is 0.331 e. The minimum atomic E-state index is -0.0973. The van der Waals surface area contributed by atoms with Crippen LogP contribution in [-0.2, 0) is 0 Å². The number of carbonyl (C=O) groups is 2. The van der Waals surface area contributed by atoms with E-state index in [9.17, 15) is 9.59 Å². The summed E-state index contributed by atoms with van der Waals surface area (Å²) in [6.45, 7) is 4.86. The molecule has 0 aliphatic carbocycles. The van der Waals surface area contributed by atoms with Crippen molar-refractivity contribution in [3.63, 3.8) is 0 Å². The van der Waals surface area contributed by atoms with E-state index < -0.39 is 0 Å². The van der Waals surface area contributed by atoms with Gasteiger partial charge in [-0.2, -0.15) is 0 Å². The van der Waals surface area contributed by atoms with Crippen LogP contribution in [-0.4, -0.2) is 56.8 Å². The molecule has 0 bridgehead atoms. The Morgan fingerprint density at radius 2 is 1.25 bits per heavy atom. The number of rotatable bonds is 2. The maximum Gasteiger partial charge on any atom is 0.272 e. The van der Waals surface area contributed by atoms with Crippen LogP contribution in [0.3, 0.4) is 0 Å². The van der Waals surface area contributed by atoms with Gasteiger partial charge in [0.15, 0.2) is 0 Å². The molecule has 2 aromatic rings. The summed E-state index contributed by atoms with van der Waals surface area (Å²) in [5, 5.41) is 0. The van der Waals surface area contributed by atoms with E-state index in [2.05, 4.69) is 9.97 Å². The van der Waals surface area contributed by atoms with E-state index in [1.807, 2.05) is 13.8 Å². The molecule has 2 atom stereocenters. The van der Waals surface area contributed by atoms with Crippen LogP contribution in [0.1, 0.15) is 34.8 Å². The Morgan fingerprint density at radius 3 is 1.58 bits per heavy atom. The van der Waals surface area contributed by atoms with Gasteiger partial charge in [0.2, 0.25) is 0 Å². The van der Waals surface area contributed by atoms with Crippen molar-refractivity contribution in [1.82, 2.24) is 19.8 Å². The van der Waals surface area contributed by atoms with E-state index in [0.29, 0.717) is 24.5 Å². The molecule has 24 heavy (non-hydrogen) atoms. The highest BCUT2D eigenvalue weighted by Crippen LogP contribution is 2.19. The van der Waals surface area contributed by atoms with E-state index in [1.165, 1.54) is 0 Å². The van der Waals surface area contributed by atoms with Crippen LogP contribution in [0.4, 0.5) is 0 Å². The number of pyridine rings is 2. The first kappa shape index (κ1) is 16.1. The van der Waals surface area contributed by atoms with Crippen molar-refractivity contribution in [2.24, 2.45) is 0 Å². The Balaban J connectivity index is 1.75. The van der Waals surface area contributed by atoms with Crippen molar-refractivity contribution in [2.75, 3.05) is 13.1 Å². The average Bonchev–Trinajstić information content (AvgIpc) is 2.63. The fraction of sp³-hybridized carbons (Fsp3) is 0.333. The molecule has 124 valence electrons. The Bertz CT molecular complexity index is 657. The van der Waals surface area contributed by atoms with Gasteiger partial charge in [-0.05, 0) is 38.1 Å². The number of hydrogen-bond donors (Lipinski definition) is 0. The molecule has 0 radical (unpaired) electrons. The standard InChI is InChI=1S/C18H20N4O2/c1-13-11-22(18(24)16-8-4-6-10-20-16)14(2)12-21(13)17(23)15-7-3-5-9-19-15/h3-10,13-14H,11-12H2,1-2H3. The molecule has 1 fully saturated rings. The summed E-state index contributed by atoms with van der Waals surface area (Å²) in [7, 11) is 0. The summed E-state index contributed by atoms with van der Waals surface area (Å²) in [5.74, 6) is -0.195. The highest BCUT2D eigenvalue weighted by molar-refractivity contribution is 5.94. The number of nitrogens with zero attached hydrogens (tertiary/aromatic N) is 4. The summed E-state index contributed by atoms with van der Waals surface area (Å²) in [5.41, 5.74) is 0.863. The van der Waals surface area contributed by atoms with Crippen LogP contribution in [0.2, 0.25) is 0 Å². The summed E-state index contributed by atoms with van der Waals surface area (Å²) >= 11 is 0. The van der Waals surface area contributed by atoms with Crippen molar-refractivity contribution in [3.8, 4) is 0 Å². The van der Waals surface area contributed by atoms with Gasteiger partial charge < -0.3 is 9.80 Å². The summed E-state index contributed by atoms with van der Waals surface area (Å²) in [4.78, 5) is 37.1. The second-order valence-corrected chi connectivity index (χ2v) is 6.04. The minimum Gasteiger partial charge on any atom is -0.331 e. The molecule has 3 rings (SSSR count). The maximum absolute atomic E-state index is 12.6. The third-order valence-corrected chi connectivity index (χ3v) is 4.28. The van der Waals surface area contributed by atoms with Crippen molar-refractivity contribution in [1.29, 1.82) is 0 Å². The second kappa shape index (κ2) is 6.78. The van der Waals surface area contributed by atoms with E-state index in [1.54, 1.807) is 58.6 Å². The van der Waals surface area contributed by atoms with Gasteiger partial charge in [-0.25, -0.2) is 0 Å². The van der Waals surface area contributed by atoms with Gasteiger partial charge in [-0.3, -0.25) is 19.6 Å². The molecule has 1 aliphatic heterocycles. The Labute approximate surface area is 141 Å². The van der Waals surface area contributed by atoms with Crippen LogP contribution in [0.15, 0.2) is 48.8 Å². The van der Waals surface area contributed by atoms with Gasteiger partial charge in [0.05, 0.1) is 0 Å². The predicted molar refractivity (Wildman–Crippen MR) is 89.5 cm³/mol. The maximum atomic E-state index is 12.6. The smallest absolute Gasteiger partial charge is 0.272 e. The van der Waals surface area contributed by atoms with Gasteiger partial charge in [0.25, 0.3) is 11.8 Å². The highest BCUT2D eigenvalue weighted by Gasteiger charge is 2.35. The Morgan fingerprint density at radius 1 is 0.833 bits per heavy atom. The van der Waals surface area contributed by atoms with E-state index in [4.69, 9.17) is 0 Å². The third kappa shape index (κ3) is 3.13. The average molecular weight is 324 g/mol. The zero-order valence-electron chi connectivity index (χ0n) is 13.8. The Kier molecular flexibility index (Phi) is 4.55. The first-order chi connectivity index (χ1) is 11.6. The molecule has 0 aromatic carbocycles. The van der Waals surface area contributed by atoms with Crippen molar-refractivity contribution < 1.29 is 9.59 Å². The van der Waals surface area contributed by atoms with Crippen LogP contribution < -0.4 is 0 Å². The second-order valence-electron chi connectivity index (χ2n) is 6.04. The molecule has 1 aliphatic rings. The Hall–Kier alpha value is -2.76. The fourth-order valence-corrected chi connectivity index (χ4v) is 2.97. The van der Waals surface area contributed by atoms with Crippen LogP contribution in [0.5, 0.6) is 0 Å². The van der Waals surface area contributed by atoms with Gasteiger partial charge in [-0.1, -0.05) is 12.1 Å². The predicted octanol–water partition coefficient (Wildman–Crippen LogP) is 1.85. The molecule has 6 nitrogen and oxygen atoms in total. The lowest BCUT2D eigenvalue weighted by molar-refractivity contribution is 0.0264. The summed E-state index contributed by atoms with van der Waals surface area (Å²) in [6.07, 6.45) is 3.23. The number of piperazine rings is 1. The normalized spacial score (nSPS) is 20.8. The molecular weight excluding hydrogens is 304 g/mol. The molecule has 0 spiro atoms. The lowest BCUT2D eigenvalue weighted by Crippen LogP contribution is -2.59. The first-order valence-corrected chi connectivity index (χ1v) is 8.02. The number of amides is 2. The van der Waals surface area contributed by atoms with Gasteiger partial charge in [-0.15, -0.1) is 0 Å². The highest BCUT2D eigenvalue weighted by atomic mass is 16.2. The monoisotopic (exact) mass is 324 g/mol. The molecule has 2 aromatic heterocycles. The quantitative estimate of drug-likeness (QED) is 0.845. The third-order valence-electron chi connectivity index (χ3n) is 4.28. The zero-order valence-corrected chi connectivity index (χ0v) is 13.8. The van der Waals surface area contributed by atoms with Crippen LogP contribution in [0.25, 0.3) is 0 Å². The van der Waals surface area contributed by atoms with Crippen molar-refractivity contribution in [3.05, 3.63) is 60.2 Å². The zero-order chi connectivity index (χ0) is 17.1. The SMILES string of the molecule is CC1CN(C(=O)c2ccccn2)C(C)CN1C(=O)c1ccccn1. The molecule has 0 saturated carbocycles. The van der Waals surface area contributed by atoms with E-state index in [0.717, 1.165) is 0 Å². The minimum absolute atomic E-state index is 0.0802. The fourth-order valence-electron chi connectivity index (χ4n) is 2.97. The molecule has 3 heterocycles. The molecule has 2 unspecified atom stereocenters. The summed E-state index contributed by atoms with van der Waals surface area (Å²) in [6, 6.07) is 10.4. The van der Waals surface area contributed by atoms with Gasteiger partial charge in [0, 0.05) is 37.6 Å².